The Morgan fingerprint density at radius 3 is 2.20 bits per heavy atom. The second-order valence-corrected chi connectivity index (χ2v) is 3.10. The highest BCUT2D eigenvalue weighted by Crippen LogP contribution is 2.20. The molecule has 10 heavy (non-hydrogen) atoms. The van der Waals surface area contributed by atoms with Gasteiger partial charge >= 0.3 is 5.97 Å². The Balaban J connectivity index is 4.00. The van der Waals surface area contributed by atoms with Gasteiger partial charge < -0.3 is 5.11 Å². The molecule has 0 bridgehead atoms. The van der Waals surface area contributed by atoms with Crippen LogP contribution in [0, 0.1) is 5.92 Å². The molecule has 0 saturated heterocycles. The van der Waals surface area contributed by atoms with Gasteiger partial charge in [-0.25, -0.2) is 9.18 Å². The van der Waals surface area contributed by atoms with Gasteiger partial charge in [0.25, 0.3) is 0 Å². The first kappa shape index (κ1) is 9.40. The van der Waals surface area contributed by atoms with Gasteiger partial charge in [-0.15, -0.1) is 0 Å². The lowest BCUT2D eigenvalue weighted by Gasteiger charge is -2.16. The van der Waals surface area contributed by atoms with E-state index in [1.807, 2.05) is 0 Å². The van der Waals surface area contributed by atoms with Crippen molar-refractivity contribution in [3.8, 4) is 0 Å². The Morgan fingerprint density at radius 1 is 1.70 bits per heavy atom. The van der Waals surface area contributed by atoms with Crippen LogP contribution in [0.3, 0.4) is 0 Å². The van der Waals surface area contributed by atoms with Crippen LogP contribution in [0.15, 0.2) is 0 Å². The van der Waals surface area contributed by atoms with Crippen molar-refractivity contribution in [2.75, 3.05) is 0 Å². The summed E-state index contributed by atoms with van der Waals surface area (Å²) in [5, 5.41) is 8.32. The Hall–Kier alpha value is -0.600. The minimum Gasteiger partial charge on any atom is -0.479 e. The third-order valence-electron chi connectivity index (χ3n) is 1.24. The average Bonchev–Trinajstić information content (AvgIpc) is 1.60. The number of carboxylic acid groups (broad SMARTS) is 1. The van der Waals surface area contributed by atoms with Gasteiger partial charge in [-0.3, -0.25) is 0 Å². The Labute approximate surface area is 60.1 Å². The quantitative estimate of drug-likeness (QED) is 0.663. The SMILES string of the molecule is CC(C)CC(C)(F)C(=O)O. The molecular weight excluding hydrogens is 135 g/mol. The summed E-state index contributed by atoms with van der Waals surface area (Å²) in [6.07, 6.45) is 0.0718. The predicted octanol–water partition coefficient (Wildman–Crippen LogP) is 1.85. The Kier molecular flexibility index (Phi) is 2.81. The zero-order chi connectivity index (χ0) is 8.36. The molecular formula is C7H13FO2. The van der Waals surface area contributed by atoms with E-state index in [9.17, 15) is 9.18 Å². The monoisotopic (exact) mass is 148 g/mol. The van der Waals surface area contributed by atoms with Crippen molar-refractivity contribution in [3.63, 3.8) is 0 Å². The van der Waals surface area contributed by atoms with Crippen LogP contribution in [0.1, 0.15) is 27.2 Å². The molecule has 0 spiro atoms. The van der Waals surface area contributed by atoms with Crippen LogP contribution in [0.4, 0.5) is 4.39 Å². The van der Waals surface area contributed by atoms with Crippen molar-refractivity contribution in [1.82, 2.24) is 0 Å². The summed E-state index contributed by atoms with van der Waals surface area (Å²) in [7, 11) is 0. The number of hydrogen-bond donors (Lipinski definition) is 1. The minimum atomic E-state index is -2.06. The van der Waals surface area contributed by atoms with Crippen molar-refractivity contribution in [3.05, 3.63) is 0 Å². The van der Waals surface area contributed by atoms with Gasteiger partial charge in [-0.2, -0.15) is 0 Å². The molecule has 0 aliphatic heterocycles. The van der Waals surface area contributed by atoms with Crippen molar-refractivity contribution in [2.45, 2.75) is 32.9 Å². The highest BCUT2D eigenvalue weighted by atomic mass is 19.1. The Bertz CT molecular complexity index is 130. The topological polar surface area (TPSA) is 37.3 Å². The number of alkyl halides is 1. The summed E-state index contributed by atoms with van der Waals surface area (Å²) >= 11 is 0. The third-order valence-corrected chi connectivity index (χ3v) is 1.24. The van der Waals surface area contributed by atoms with Gasteiger partial charge in [0.05, 0.1) is 0 Å². The first-order chi connectivity index (χ1) is 4.36. The van der Waals surface area contributed by atoms with Crippen LogP contribution >= 0.6 is 0 Å². The van der Waals surface area contributed by atoms with Crippen LogP contribution in [0.5, 0.6) is 0 Å². The number of carboxylic acids is 1. The zero-order valence-electron chi connectivity index (χ0n) is 6.52. The lowest BCUT2D eigenvalue weighted by molar-refractivity contribution is -0.150. The summed E-state index contributed by atoms with van der Waals surface area (Å²) in [5.41, 5.74) is -2.06. The van der Waals surface area contributed by atoms with E-state index in [0.29, 0.717) is 0 Å². The van der Waals surface area contributed by atoms with Crippen molar-refractivity contribution < 1.29 is 14.3 Å². The van der Waals surface area contributed by atoms with Crippen molar-refractivity contribution >= 4 is 5.97 Å². The summed E-state index contributed by atoms with van der Waals surface area (Å²) in [6.45, 7) is 4.68. The van der Waals surface area contributed by atoms with E-state index in [-0.39, 0.29) is 12.3 Å². The molecule has 0 saturated carbocycles. The number of rotatable bonds is 3. The molecule has 0 aromatic rings. The summed E-state index contributed by atoms with van der Waals surface area (Å²) < 4.78 is 12.9. The normalized spacial score (nSPS) is 16.9. The van der Waals surface area contributed by atoms with Gasteiger partial charge in [-0.05, 0) is 19.3 Å². The Morgan fingerprint density at radius 2 is 2.10 bits per heavy atom. The first-order valence-electron chi connectivity index (χ1n) is 3.28. The molecule has 0 aliphatic carbocycles. The van der Waals surface area contributed by atoms with E-state index in [1.165, 1.54) is 0 Å². The molecule has 0 aromatic heterocycles. The van der Waals surface area contributed by atoms with Crippen LogP contribution in [0.25, 0.3) is 0 Å². The largest absolute Gasteiger partial charge is 0.479 e. The minimum absolute atomic E-state index is 0.0718. The summed E-state index contributed by atoms with van der Waals surface area (Å²) in [6, 6.07) is 0. The molecule has 0 fully saturated rings. The van der Waals surface area contributed by atoms with E-state index < -0.39 is 11.6 Å². The molecule has 0 aromatic carbocycles. The predicted molar refractivity (Wildman–Crippen MR) is 36.6 cm³/mol. The number of aliphatic carboxylic acids is 1. The fourth-order valence-corrected chi connectivity index (χ4v) is 0.854. The molecule has 0 radical (unpaired) electrons. The number of carbonyl (C=O) groups is 1. The standard InChI is InChI=1S/C7H13FO2/c1-5(2)4-7(3,8)6(9)10/h5H,4H2,1-3H3,(H,9,10). The average molecular weight is 148 g/mol. The molecule has 3 heteroatoms. The number of halogens is 1. The van der Waals surface area contributed by atoms with Gasteiger partial charge in [0.2, 0.25) is 5.67 Å². The molecule has 0 rings (SSSR count). The fourth-order valence-electron chi connectivity index (χ4n) is 0.854. The zero-order valence-corrected chi connectivity index (χ0v) is 6.52. The highest BCUT2D eigenvalue weighted by molar-refractivity contribution is 5.76. The van der Waals surface area contributed by atoms with Gasteiger partial charge in [0.1, 0.15) is 0 Å². The maximum Gasteiger partial charge on any atom is 0.341 e. The molecule has 1 atom stereocenters. The molecule has 1 unspecified atom stereocenters. The van der Waals surface area contributed by atoms with E-state index in [0.717, 1.165) is 6.92 Å². The van der Waals surface area contributed by atoms with E-state index in [2.05, 4.69) is 0 Å². The highest BCUT2D eigenvalue weighted by Gasteiger charge is 2.33. The second kappa shape index (κ2) is 2.99. The molecule has 60 valence electrons. The lowest BCUT2D eigenvalue weighted by Crippen LogP contribution is -2.31. The van der Waals surface area contributed by atoms with Crippen molar-refractivity contribution in [1.29, 1.82) is 0 Å². The fraction of sp³-hybridized carbons (Fsp3) is 0.857. The molecule has 1 N–H and O–H groups in total. The van der Waals surface area contributed by atoms with Crippen LogP contribution in [-0.2, 0) is 4.79 Å². The maximum absolute atomic E-state index is 12.9. The van der Waals surface area contributed by atoms with Crippen LogP contribution in [0.2, 0.25) is 0 Å². The maximum atomic E-state index is 12.9. The lowest BCUT2D eigenvalue weighted by atomic mass is 9.96. The van der Waals surface area contributed by atoms with E-state index >= 15 is 0 Å². The first-order valence-corrected chi connectivity index (χ1v) is 3.28. The van der Waals surface area contributed by atoms with Gasteiger partial charge in [-0.1, -0.05) is 13.8 Å². The second-order valence-electron chi connectivity index (χ2n) is 3.10. The van der Waals surface area contributed by atoms with Crippen molar-refractivity contribution in [2.24, 2.45) is 5.92 Å². The van der Waals surface area contributed by atoms with Crippen LogP contribution in [-0.4, -0.2) is 16.7 Å². The number of hydrogen-bond acceptors (Lipinski definition) is 1. The molecule has 0 aliphatic rings. The third kappa shape index (κ3) is 2.80. The van der Waals surface area contributed by atoms with E-state index in [1.54, 1.807) is 13.8 Å². The smallest absolute Gasteiger partial charge is 0.341 e. The molecule has 0 heterocycles. The molecule has 2 nitrogen and oxygen atoms in total. The summed E-state index contributed by atoms with van der Waals surface area (Å²) in [4.78, 5) is 10.2. The van der Waals surface area contributed by atoms with Gasteiger partial charge in [0.15, 0.2) is 0 Å². The van der Waals surface area contributed by atoms with Crippen LogP contribution < -0.4 is 0 Å². The molecule has 0 amide bonds. The van der Waals surface area contributed by atoms with Gasteiger partial charge in [0, 0.05) is 0 Å². The van der Waals surface area contributed by atoms with E-state index in [4.69, 9.17) is 5.11 Å². The summed E-state index contributed by atoms with van der Waals surface area (Å²) in [5.74, 6) is -1.30.